The van der Waals surface area contributed by atoms with Crippen LogP contribution in [0, 0.1) is 0 Å². The fourth-order valence-electron chi connectivity index (χ4n) is 15.6. The van der Waals surface area contributed by atoms with Gasteiger partial charge in [0, 0.05) is 65.9 Å². The van der Waals surface area contributed by atoms with Gasteiger partial charge in [-0.15, -0.1) is 0 Å². The summed E-state index contributed by atoms with van der Waals surface area (Å²) in [5, 5.41) is 7.15. The maximum absolute atomic E-state index is 2.66. The van der Waals surface area contributed by atoms with Gasteiger partial charge in [0.2, 0.25) is 0 Å². The molecule has 0 aliphatic heterocycles. The average molecular weight is 1140 g/mol. The van der Waals surface area contributed by atoms with Crippen LogP contribution >= 0.6 is 0 Å². The third kappa shape index (κ3) is 7.83. The SMILES string of the molecule is CC(C)(C)c1ccc(N(c2cccc3c2C(C)(C)c2ccccc2-3)c2cc3c(c4ccccc4n3-c3ccccc3)c3c(N(c4ccc(C(C)(C)C)cc4)c4cccc5c4C(C)(C)c4ccccc4-5)cc4c(c5ccccc5n4-c4ccccc4)c23)cc1. The second kappa shape index (κ2) is 19.3. The first-order valence-corrected chi connectivity index (χ1v) is 31.3. The zero-order valence-corrected chi connectivity index (χ0v) is 52.0. The molecular weight excluding hydrogens is 1060 g/mol. The van der Waals surface area contributed by atoms with Gasteiger partial charge < -0.3 is 18.9 Å². The van der Waals surface area contributed by atoms with E-state index in [4.69, 9.17) is 0 Å². The van der Waals surface area contributed by atoms with Crippen LogP contribution in [0.1, 0.15) is 103 Å². The van der Waals surface area contributed by atoms with E-state index in [-0.39, 0.29) is 21.7 Å². The van der Waals surface area contributed by atoms with Crippen LogP contribution in [0.5, 0.6) is 0 Å². The van der Waals surface area contributed by atoms with Gasteiger partial charge in [-0.05, 0) is 151 Å². The fraction of sp³-hybridized carbons (Fsp3) is 0.167. The summed E-state index contributed by atoms with van der Waals surface area (Å²) in [6.45, 7) is 23.6. The summed E-state index contributed by atoms with van der Waals surface area (Å²) < 4.78 is 5.07. The lowest BCUT2D eigenvalue weighted by atomic mass is 9.81. The van der Waals surface area contributed by atoms with E-state index >= 15 is 0 Å². The molecule has 4 nitrogen and oxygen atoms in total. The summed E-state index contributed by atoms with van der Waals surface area (Å²) in [6.07, 6.45) is 0. The summed E-state index contributed by atoms with van der Waals surface area (Å²) in [5.41, 5.74) is 25.7. The van der Waals surface area contributed by atoms with E-state index in [2.05, 4.69) is 343 Å². The monoisotopic (exact) mass is 1140 g/mol. The van der Waals surface area contributed by atoms with Gasteiger partial charge in [-0.3, -0.25) is 0 Å². The van der Waals surface area contributed by atoms with Gasteiger partial charge in [-0.2, -0.15) is 0 Å². The molecule has 0 saturated heterocycles. The Morgan fingerprint density at radius 3 is 1.02 bits per heavy atom. The number of hydrogen-bond acceptors (Lipinski definition) is 2. The quantitative estimate of drug-likeness (QED) is 0.151. The minimum absolute atomic E-state index is 0.0638. The molecule has 428 valence electrons. The Morgan fingerprint density at radius 2 is 0.636 bits per heavy atom. The molecule has 0 unspecified atom stereocenters. The van der Waals surface area contributed by atoms with Gasteiger partial charge in [-0.1, -0.05) is 239 Å². The molecule has 2 aliphatic rings. The summed E-state index contributed by atoms with van der Waals surface area (Å²) in [6, 6.07) is 96.8. The molecule has 0 saturated carbocycles. The van der Waals surface area contributed by atoms with Gasteiger partial charge in [0.05, 0.1) is 44.8 Å². The third-order valence-electron chi connectivity index (χ3n) is 19.7. The fourth-order valence-corrected chi connectivity index (χ4v) is 15.6. The first-order valence-electron chi connectivity index (χ1n) is 31.3. The zero-order valence-electron chi connectivity index (χ0n) is 52.0. The molecule has 12 aromatic carbocycles. The van der Waals surface area contributed by atoms with Gasteiger partial charge >= 0.3 is 0 Å². The van der Waals surface area contributed by atoms with Crippen LogP contribution in [-0.2, 0) is 21.7 Å². The average Bonchev–Trinajstić information content (AvgIpc) is 1.46. The molecule has 2 heterocycles. The molecule has 2 aromatic heterocycles. The van der Waals surface area contributed by atoms with Crippen molar-refractivity contribution in [2.45, 2.75) is 90.9 Å². The first-order chi connectivity index (χ1) is 42.5. The molecule has 16 rings (SSSR count). The first kappa shape index (κ1) is 53.6. The van der Waals surface area contributed by atoms with E-state index < -0.39 is 0 Å². The van der Waals surface area contributed by atoms with Crippen molar-refractivity contribution in [3.05, 3.63) is 288 Å². The second-order valence-corrected chi connectivity index (χ2v) is 27.7. The van der Waals surface area contributed by atoms with E-state index in [9.17, 15) is 0 Å². The lowest BCUT2D eigenvalue weighted by Gasteiger charge is -2.35. The lowest BCUT2D eigenvalue weighted by Crippen LogP contribution is -2.22. The summed E-state index contributed by atoms with van der Waals surface area (Å²) in [4.78, 5) is 5.32. The topological polar surface area (TPSA) is 16.3 Å². The van der Waals surface area contributed by atoms with E-state index in [1.807, 2.05) is 0 Å². The Bertz CT molecular complexity index is 4810. The Hall–Kier alpha value is -9.90. The van der Waals surface area contributed by atoms with E-state index in [1.54, 1.807) is 0 Å². The Labute approximate surface area is 517 Å². The Morgan fingerprint density at radius 1 is 0.295 bits per heavy atom. The van der Waals surface area contributed by atoms with Crippen molar-refractivity contribution < 1.29 is 0 Å². The minimum atomic E-state index is -0.344. The molecule has 0 bridgehead atoms. The predicted molar refractivity (Wildman–Crippen MR) is 375 cm³/mol. The van der Waals surface area contributed by atoms with Crippen LogP contribution in [0.25, 0.3) is 88.0 Å². The molecule has 2 aliphatic carbocycles. The lowest BCUT2D eigenvalue weighted by molar-refractivity contribution is 0.590. The van der Waals surface area contributed by atoms with E-state index in [0.29, 0.717) is 0 Å². The molecule has 0 N–H and O–H groups in total. The van der Waals surface area contributed by atoms with Gasteiger partial charge in [0.1, 0.15) is 0 Å². The number of fused-ring (bicyclic) bond motifs is 15. The number of rotatable bonds is 8. The molecule has 0 radical (unpaired) electrons. The van der Waals surface area contributed by atoms with Crippen LogP contribution < -0.4 is 9.80 Å². The number of hydrogen-bond donors (Lipinski definition) is 0. The molecule has 0 atom stereocenters. The summed E-state index contributed by atoms with van der Waals surface area (Å²) >= 11 is 0. The van der Waals surface area contributed by atoms with Crippen LogP contribution in [-0.4, -0.2) is 9.13 Å². The van der Waals surface area contributed by atoms with Crippen LogP contribution in [0.15, 0.2) is 255 Å². The van der Waals surface area contributed by atoms with Crippen LogP contribution in [0.4, 0.5) is 34.1 Å². The summed E-state index contributed by atoms with van der Waals surface area (Å²) in [7, 11) is 0. The molecule has 14 aromatic rings. The number of nitrogens with zero attached hydrogens (tertiary/aromatic N) is 4. The van der Waals surface area contributed by atoms with Crippen molar-refractivity contribution in [1.29, 1.82) is 0 Å². The zero-order chi connectivity index (χ0) is 60.2. The maximum atomic E-state index is 2.66. The molecule has 88 heavy (non-hydrogen) atoms. The van der Waals surface area contributed by atoms with Crippen molar-refractivity contribution >= 4 is 88.5 Å². The number of para-hydroxylation sites is 4. The molecule has 0 fully saturated rings. The van der Waals surface area contributed by atoms with Gasteiger partial charge in [0.25, 0.3) is 0 Å². The third-order valence-corrected chi connectivity index (χ3v) is 19.7. The van der Waals surface area contributed by atoms with Crippen molar-refractivity contribution in [3.8, 4) is 33.6 Å². The Balaban J connectivity index is 1.18. The van der Waals surface area contributed by atoms with Gasteiger partial charge in [-0.25, -0.2) is 0 Å². The highest BCUT2D eigenvalue weighted by molar-refractivity contribution is 6.37. The van der Waals surface area contributed by atoms with Crippen molar-refractivity contribution in [2.75, 3.05) is 9.80 Å². The molecule has 0 amide bonds. The molecule has 0 spiro atoms. The predicted octanol–water partition coefficient (Wildman–Crippen LogP) is 23.2. The minimum Gasteiger partial charge on any atom is -0.309 e. The van der Waals surface area contributed by atoms with Crippen molar-refractivity contribution in [1.82, 2.24) is 9.13 Å². The van der Waals surface area contributed by atoms with E-state index in [1.165, 1.54) is 88.0 Å². The highest BCUT2D eigenvalue weighted by Gasteiger charge is 2.42. The number of benzene rings is 12. The highest BCUT2D eigenvalue weighted by Crippen LogP contribution is 2.60. The van der Waals surface area contributed by atoms with E-state index in [0.717, 1.165) is 67.6 Å². The Kier molecular flexibility index (Phi) is 11.7. The van der Waals surface area contributed by atoms with Crippen molar-refractivity contribution in [2.24, 2.45) is 0 Å². The largest absolute Gasteiger partial charge is 0.309 e. The second-order valence-electron chi connectivity index (χ2n) is 27.7. The number of anilines is 6. The summed E-state index contributed by atoms with van der Waals surface area (Å²) in [5.74, 6) is 0. The van der Waals surface area contributed by atoms with Gasteiger partial charge in [0.15, 0.2) is 0 Å². The van der Waals surface area contributed by atoms with Crippen LogP contribution in [0.3, 0.4) is 0 Å². The van der Waals surface area contributed by atoms with Crippen molar-refractivity contribution in [3.63, 3.8) is 0 Å². The number of aromatic nitrogens is 2. The maximum Gasteiger partial charge on any atom is 0.0569 e. The normalized spacial score (nSPS) is 14.0. The molecule has 4 heteroatoms. The standard InChI is InChI=1S/C84H72N4/c1-81(2,3)53-43-47-57(48-44-53)87(69-41-25-35-61-59-31-17-21-37-65(59)83(7,8)79(61)69)73-51-71-76(64-34-20-24-40-68(64)85(71)55-27-13-11-14-28-55)78-74(52-72-75(77(73)78)63-33-19-23-39-67(63)86(72)56-29-15-12-16-30-56)88(58-49-45-54(46-50-58)82(4,5)6)70-42-26-36-62-60-32-18-22-38-66(60)84(9,10)80(62)70/h11-52H,1-10H3. The van der Waals surface area contributed by atoms with Crippen LogP contribution in [0.2, 0.25) is 0 Å². The smallest absolute Gasteiger partial charge is 0.0569 e. The highest BCUT2D eigenvalue weighted by atomic mass is 15.2. The molecular formula is C84H72N4.